The van der Waals surface area contributed by atoms with Crippen molar-refractivity contribution in [3.8, 4) is 0 Å². The molecule has 0 aliphatic heterocycles. The highest BCUT2D eigenvalue weighted by molar-refractivity contribution is 5.44. The van der Waals surface area contributed by atoms with Crippen LogP contribution in [0.3, 0.4) is 0 Å². The van der Waals surface area contributed by atoms with Gasteiger partial charge in [0, 0.05) is 30.9 Å². The van der Waals surface area contributed by atoms with Gasteiger partial charge in [0.25, 0.3) is 0 Å². The van der Waals surface area contributed by atoms with Crippen LogP contribution in [0.5, 0.6) is 0 Å². The number of hydrogen-bond acceptors (Lipinski definition) is 2. The van der Waals surface area contributed by atoms with Crippen molar-refractivity contribution < 1.29 is 35.8 Å². The Morgan fingerprint density at radius 2 is 1.23 bits per heavy atom. The molecule has 0 fully saturated rings. The zero-order valence-corrected chi connectivity index (χ0v) is 13.9. The smallest absolute Gasteiger partial charge is 0.352 e. The van der Waals surface area contributed by atoms with Gasteiger partial charge in [-0.25, -0.2) is 4.39 Å². The normalized spacial score (nSPS) is 15.1. The molecule has 0 aromatic heterocycles. The highest BCUT2D eigenvalue weighted by atomic mass is 19.4. The molecular formula is C18H16F6O2. The molecule has 0 saturated heterocycles. The molecule has 0 aliphatic carbocycles. The number of hydrogen-bond donors (Lipinski definition) is 0. The maximum atomic E-state index is 15.8. The van der Waals surface area contributed by atoms with E-state index in [9.17, 15) is 22.0 Å². The van der Waals surface area contributed by atoms with Crippen molar-refractivity contribution in [2.75, 3.05) is 14.2 Å². The van der Waals surface area contributed by atoms with E-state index in [2.05, 4.69) is 0 Å². The maximum absolute atomic E-state index is 15.8. The summed E-state index contributed by atoms with van der Waals surface area (Å²) in [6, 6.07) is 10.1. The van der Waals surface area contributed by atoms with Crippen molar-refractivity contribution in [3.05, 3.63) is 71.3 Å². The molecule has 0 amide bonds. The quantitative estimate of drug-likeness (QED) is 0.496. The second-order valence-electron chi connectivity index (χ2n) is 5.49. The van der Waals surface area contributed by atoms with Crippen LogP contribution in [-0.2, 0) is 15.1 Å². The van der Waals surface area contributed by atoms with Gasteiger partial charge < -0.3 is 9.47 Å². The van der Waals surface area contributed by atoms with Gasteiger partial charge in [-0.15, -0.1) is 0 Å². The molecule has 1 unspecified atom stereocenters. The number of rotatable bonds is 6. The molecule has 0 aliphatic rings. The standard InChI is InChI=1S/C18H16F6O2/c1-25-15(26-2)13-10-6-7-11-14(13)16(19,12-8-4-3-5-9-12)17(20,21)18(22,23)24/h3-11,15H,1-2H3. The monoisotopic (exact) mass is 378 g/mol. The van der Waals surface area contributed by atoms with Crippen LogP contribution in [0, 0.1) is 0 Å². The van der Waals surface area contributed by atoms with E-state index in [0.717, 1.165) is 32.4 Å². The van der Waals surface area contributed by atoms with E-state index in [-0.39, 0.29) is 5.56 Å². The summed E-state index contributed by atoms with van der Waals surface area (Å²) >= 11 is 0. The lowest BCUT2D eigenvalue weighted by molar-refractivity contribution is -0.323. The van der Waals surface area contributed by atoms with Gasteiger partial charge in [0.15, 0.2) is 6.29 Å². The molecule has 2 aromatic carbocycles. The lowest BCUT2D eigenvalue weighted by Gasteiger charge is -2.37. The second kappa shape index (κ2) is 7.28. The van der Waals surface area contributed by atoms with Crippen molar-refractivity contribution in [1.82, 2.24) is 0 Å². The average Bonchev–Trinajstić information content (AvgIpc) is 2.62. The molecule has 2 nitrogen and oxygen atoms in total. The van der Waals surface area contributed by atoms with E-state index in [1.54, 1.807) is 0 Å². The minimum atomic E-state index is -6.12. The summed E-state index contributed by atoms with van der Waals surface area (Å²) in [7, 11) is 2.32. The van der Waals surface area contributed by atoms with E-state index in [1.165, 1.54) is 36.4 Å². The highest BCUT2D eigenvalue weighted by Crippen LogP contribution is 2.55. The van der Waals surface area contributed by atoms with Crippen LogP contribution >= 0.6 is 0 Å². The highest BCUT2D eigenvalue weighted by Gasteiger charge is 2.73. The first-order valence-electron chi connectivity index (χ1n) is 7.45. The Morgan fingerprint density at radius 3 is 1.73 bits per heavy atom. The van der Waals surface area contributed by atoms with Gasteiger partial charge in [-0.3, -0.25) is 0 Å². The van der Waals surface area contributed by atoms with Crippen LogP contribution in [0.15, 0.2) is 54.6 Å². The molecule has 2 aromatic rings. The fourth-order valence-electron chi connectivity index (χ4n) is 2.74. The van der Waals surface area contributed by atoms with E-state index < -0.39 is 35.2 Å². The fraction of sp³-hybridized carbons (Fsp3) is 0.333. The molecule has 0 bridgehead atoms. The van der Waals surface area contributed by atoms with Gasteiger partial charge in [0.05, 0.1) is 0 Å². The Balaban J connectivity index is 2.84. The van der Waals surface area contributed by atoms with Crippen molar-refractivity contribution in [1.29, 1.82) is 0 Å². The first kappa shape index (κ1) is 20.3. The number of methoxy groups -OCH3 is 2. The molecule has 2 rings (SSSR count). The molecule has 0 spiro atoms. The minimum absolute atomic E-state index is 0.271. The topological polar surface area (TPSA) is 18.5 Å². The predicted octanol–water partition coefficient (Wildman–Crippen LogP) is 5.39. The van der Waals surface area contributed by atoms with Gasteiger partial charge in [-0.2, -0.15) is 22.0 Å². The first-order chi connectivity index (χ1) is 12.1. The molecule has 26 heavy (non-hydrogen) atoms. The third-order valence-electron chi connectivity index (χ3n) is 3.97. The van der Waals surface area contributed by atoms with Crippen molar-refractivity contribution >= 4 is 0 Å². The van der Waals surface area contributed by atoms with Crippen LogP contribution < -0.4 is 0 Å². The van der Waals surface area contributed by atoms with Crippen LogP contribution in [0.4, 0.5) is 26.3 Å². The average molecular weight is 378 g/mol. The van der Waals surface area contributed by atoms with Crippen LogP contribution in [0.25, 0.3) is 0 Å². The lowest BCUT2D eigenvalue weighted by atomic mass is 9.79. The van der Waals surface area contributed by atoms with Gasteiger partial charge in [0.1, 0.15) is 0 Å². The Hall–Kier alpha value is -2.06. The predicted molar refractivity (Wildman–Crippen MR) is 82.5 cm³/mol. The van der Waals surface area contributed by atoms with Gasteiger partial charge in [-0.1, -0.05) is 54.6 Å². The van der Waals surface area contributed by atoms with Crippen LogP contribution in [-0.4, -0.2) is 26.3 Å². The third-order valence-corrected chi connectivity index (χ3v) is 3.97. The Morgan fingerprint density at radius 1 is 0.731 bits per heavy atom. The lowest BCUT2D eigenvalue weighted by Crippen LogP contribution is -2.53. The molecular weight excluding hydrogens is 362 g/mol. The molecule has 0 heterocycles. The Bertz CT molecular complexity index is 728. The van der Waals surface area contributed by atoms with Crippen molar-refractivity contribution in [2.45, 2.75) is 24.1 Å². The minimum Gasteiger partial charge on any atom is -0.352 e. The van der Waals surface area contributed by atoms with Gasteiger partial charge in [0.2, 0.25) is 5.67 Å². The largest absolute Gasteiger partial charge is 0.457 e. The SMILES string of the molecule is COC(OC)c1ccccc1C(F)(c1ccccc1)C(F)(F)C(F)(F)F. The zero-order chi connectivity index (χ0) is 19.6. The fourth-order valence-corrected chi connectivity index (χ4v) is 2.74. The zero-order valence-electron chi connectivity index (χ0n) is 13.9. The summed E-state index contributed by atoms with van der Waals surface area (Å²) in [5.41, 5.74) is -6.17. The second-order valence-corrected chi connectivity index (χ2v) is 5.49. The molecule has 8 heteroatoms. The van der Waals surface area contributed by atoms with Gasteiger partial charge >= 0.3 is 12.1 Å². The van der Waals surface area contributed by atoms with Gasteiger partial charge in [-0.05, 0) is 0 Å². The maximum Gasteiger partial charge on any atom is 0.457 e. The number of ether oxygens (including phenoxy) is 2. The van der Waals surface area contributed by atoms with E-state index in [0.29, 0.717) is 0 Å². The van der Waals surface area contributed by atoms with E-state index in [4.69, 9.17) is 9.47 Å². The van der Waals surface area contributed by atoms with Crippen LogP contribution in [0.2, 0.25) is 0 Å². The summed E-state index contributed by atoms with van der Waals surface area (Å²) < 4.78 is 94.0. The van der Waals surface area contributed by atoms with E-state index in [1.807, 2.05) is 0 Å². The summed E-state index contributed by atoms with van der Waals surface area (Å²) in [4.78, 5) is 0. The van der Waals surface area contributed by atoms with Crippen molar-refractivity contribution in [3.63, 3.8) is 0 Å². The Kier molecular flexibility index (Phi) is 5.67. The van der Waals surface area contributed by atoms with Crippen molar-refractivity contribution in [2.24, 2.45) is 0 Å². The summed E-state index contributed by atoms with van der Waals surface area (Å²) in [5, 5.41) is 0. The molecule has 0 radical (unpaired) electrons. The molecule has 0 saturated carbocycles. The van der Waals surface area contributed by atoms with E-state index >= 15 is 4.39 Å². The summed E-state index contributed by atoms with van der Waals surface area (Å²) in [6.07, 6.45) is -7.45. The number of halogens is 6. The summed E-state index contributed by atoms with van der Waals surface area (Å²) in [5.74, 6) is -5.70. The Labute approximate surface area is 146 Å². The molecule has 142 valence electrons. The molecule has 1 atom stereocenters. The number of benzene rings is 2. The third kappa shape index (κ3) is 3.19. The first-order valence-corrected chi connectivity index (χ1v) is 7.45. The van der Waals surface area contributed by atoms with Crippen LogP contribution in [0.1, 0.15) is 23.0 Å². The molecule has 0 N–H and O–H groups in total. The summed E-state index contributed by atoms with van der Waals surface area (Å²) in [6.45, 7) is 0. The number of alkyl halides is 6.